The zero-order valence-electron chi connectivity index (χ0n) is 15.4. The van der Waals surface area contributed by atoms with Gasteiger partial charge in [0.15, 0.2) is 0 Å². The first kappa shape index (κ1) is 17.6. The van der Waals surface area contributed by atoms with Crippen LogP contribution in [0.4, 0.5) is 22.7 Å². The van der Waals surface area contributed by atoms with Gasteiger partial charge in [0, 0.05) is 11.4 Å². The second kappa shape index (κ2) is 8.69. The summed E-state index contributed by atoms with van der Waals surface area (Å²) < 4.78 is 0. The van der Waals surface area contributed by atoms with Crippen LogP contribution in [0.3, 0.4) is 0 Å². The Morgan fingerprint density at radius 1 is 0.536 bits per heavy atom. The van der Waals surface area contributed by atoms with Crippen molar-refractivity contribution >= 4 is 29.0 Å². The Morgan fingerprint density at radius 2 is 1.00 bits per heavy atom. The molecule has 0 aliphatic carbocycles. The van der Waals surface area contributed by atoms with Crippen LogP contribution in [0.15, 0.2) is 120 Å². The maximum absolute atomic E-state index is 4.74. The quantitative estimate of drug-likeness (QED) is 0.309. The summed E-state index contributed by atoms with van der Waals surface area (Å²) in [6.07, 6.45) is 1.88. The summed E-state index contributed by atoms with van der Waals surface area (Å²) in [5.41, 5.74) is 5.20. The largest absolute Gasteiger partial charge is 0.356 e. The van der Waals surface area contributed by atoms with Gasteiger partial charge in [-0.2, -0.15) is 5.10 Å². The zero-order valence-corrected chi connectivity index (χ0v) is 15.4. The maximum Gasteiger partial charge on any atom is 0.0652 e. The summed E-state index contributed by atoms with van der Waals surface area (Å²) in [6, 6.07) is 38.7. The minimum Gasteiger partial charge on any atom is -0.356 e. The molecule has 0 heterocycles. The average Bonchev–Trinajstić information content (AvgIpc) is 2.77. The normalized spacial score (nSPS) is 10.7. The molecule has 0 saturated carbocycles. The van der Waals surface area contributed by atoms with Gasteiger partial charge in [-0.15, -0.1) is 0 Å². The van der Waals surface area contributed by atoms with E-state index in [4.69, 9.17) is 5.10 Å². The van der Waals surface area contributed by atoms with Gasteiger partial charge in [-0.3, -0.25) is 0 Å². The summed E-state index contributed by atoms with van der Waals surface area (Å²) in [5, 5.41) is 10.1. The van der Waals surface area contributed by atoms with E-state index in [1.54, 1.807) is 0 Å². The van der Waals surface area contributed by atoms with Crippen LogP contribution in [-0.4, -0.2) is 6.21 Å². The van der Waals surface area contributed by atoms with E-state index >= 15 is 0 Å². The van der Waals surface area contributed by atoms with Crippen molar-refractivity contribution in [1.29, 1.82) is 0 Å². The van der Waals surface area contributed by atoms with Crippen molar-refractivity contribution in [2.24, 2.45) is 5.10 Å². The predicted octanol–water partition coefficient (Wildman–Crippen LogP) is 6.60. The number of hydrogen-bond donors (Lipinski definition) is 1. The highest BCUT2D eigenvalue weighted by molar-refractivity contribution is 5.82. The first-order chi connectivity index (χ1) is 13.9. The lowest BCUT2D eigenvalue weighted by atomic mass is 10.2. The molecule has 4 rings (SSSR count). The number of anilines is 4. The molecule has 0 spiro atoms. The third-order valence-electron chi connectivity index (χ3n) is 4.30. The van der Waals surface area contributed by atoms with E-state index in [-0.39, 0.29) is 0 Å². The Bertz CT molecular complexity index is 972. The lowest BCUT2D eigenvalue weighted by Crippen LogP contribution is -2.09. The van der Waals surface area contributed by atoms with Crippen LogP contribution in [-0.2, 0) is 0 Å². The smallest absolute Gasteiger partial charge is 0.0652 e. The molecular weight excluding hydrogens is 342 g/mol. The Balaban J connectivity index is 1.54. The van der Waals surface area contributed by atoms with E-state index < -0.39 is 0 Å². The van der Waals surface area contributed by atoms with E-state index in [0.29, 0.717) is 0 Å². The fraction of sp³-hybridized carbons (Fsp3) is 0. The van der Waals surface area contributed by atoms with Crippen molar-refractivity contribution in [3.05, 3.63) is 121 Å². The number of para-hydroxylation sites is 3. The second-order valence-corrected chi connectivity index (χ2v) is 6.34. The van der Waals surface area contributed by atoms with Gasteiger partial charge in [-0.05, 0) is 54.1 Å². The summed E-state index contributed by atoms with van der Waals surface area (Å²) >= 11 is 0. The van der Waals surface area contributed by atoms with Crippen molar-refractivity contribution < 1.29 is 0 Å². The monoisotopic (exact) mass is 363 g/mol. The Hall–Kier alpha value is -3.85. The molecule has 0 aromatic heterocycles. The molecule has 136 valence electrons. The highest BCUT2D eigenvalue weighted by Gasteiger charge is 2.06. The molecule has 4 aromatic carbocycles. The minimum atomic E-state index is 1.02. The fourth-order valence-electron chi connectivity index (χ4n) is 2.89. The highest BCUT2D eigenvalue weighted by atomic mass is 15.5. The van der Waals surface area contributed by atoms with Crippen molar-refractivity contribution in [3.63, 3.8) is 0 Å². The van der Waals surface area contributed by atoms with Crippen molar-refractivity contribution in [2.45, 2.75) is 0 Å². The van der Waals surface area contributed by atoms with Crippen LogP contribution < -0.4 is 10.3 Å². The Kier molecular flexibility index (Phi) is 5.45. The van der Waals surface area contributed by atoms with Crippen LogP contribution in [0.2, 0.25) is 0 Å². The van der Waals surface area contributed by atoms with E-state index in [9.17, 15) is 0 Å². The van der Waals surface area contributed by atoms with Gasteiger partial charge >= 0.3 is 0 Å². The second-order valence-electron chi connectivity index (χ2n) is 6.34. The third-order valence-corrected chi connectivity index (χ3v) is 4.30. The lowest BCUT2D eigenvalue weighted by molar-refractivity contribution is 1.09. The summed E-state index contributed by atoms with van der Waals surface area (Å²) in [7, 11) is 0. The van der Waals surface area contributed by atoms with Gasteiger partial charge < -0.3 is 5.32 Å². The molecule has 3 nitrogen and oxygen atoms in total. The SMILES string of the molecule is C(=N/N(c1ccccc1)c1ccccc1)/c1ccc(Nc2ccccc2)cc1. The number of benzene rings is 4. The number of nitrogens with zero attached hydrogens (tertiary/aromatic N) is 2. The van der Waals surface area contributed by atoms with E-state index in [1.165, 1.54) is 0 Å². The van der Waals surface area contributed by atoms with Crippen molar-refractivity contribution in [1.82, 2.24) is 0 Å². The maximum atomic E-state index is 4.74. The van der Waals surface area contributed by atoms with Gasteiger partial charge in [-0.25, -0.2) is 5.01 Å². The van der Waals surface area contributed by atoms with Crippen LogP contribution in [0.5, 0.6) is 0 Å². The number of hydrazone groups is 1. The first-order valence-electron chi connectivity index (χ1n) is 9.25. The Labute approximate surface area is 165 Å². The van der Waals surface area contributed by atoms with Gasteiger partial charge in [0.1, 0.15) is 0 Å². The van der Waals surface area contributed by atoms with Gasteiger partial charge in [0.25, 0.3) is 0 Å². The van der Waals surface area contributed by atoms with Gasteiger partial charge in [-0.1, -0.05) is 66.7 Å². The first-order valence-corrected chi connectivity index (χ1v) is 9.25. The molecule has 0 aliphatic heterocycles. The predicted molar refractivity (Wildman–Crippen MR) is 119 cm³/mol. The summed E-state index contributed by atoms with van der Waals surface area (Å²) in [5.74, 6) is 0. The van der Waals surface area contributed by atoms with E-state index in [1.807, 2.05) is 78.0 Å². The van der Waals surface area contributed by atoms with E-state index in [0.717, 1.165) is 28.3 Å². The molecule has 0 bridgehead atoms. The molecular formula is C25H21N3. The number of nitrogens with one attached hydrogen (secondary N) is 1. The molecule has 0 aliphatic rings. The molecule has 1 N–H and O–H groups in total. The standard InChI is InChI=1S/C25H21N3/c1-4-10-22(11-5-1)27-23-18-16-21(17-19-23)20-26-28(24-12-6-2-7-13-24)25-14-8-3-9-15-25/h1-20,27H/b26-20-. The summed E-state index contributed by atoms with van der Waals surface area (Å²) in [6.45, 7) is 0. The molecule has 0 atom stereocenters. The van der Waals surface area contributed by atoms with E-state index in [2.05, 4.69) is 53.8 Å². The molecule has 3 heteroatoms. The highest BCUT2D eigenvalue weighted by Crippen LogP contribution is 2.25. The van der Waals surface area contributed by atoms with Crippen molar-refractivity contribution in [3.8, 4) is 0 Å². The zero-order chi connectivity index (χ0) is 19.0. The van der Waals surface area contributed by atoms with Crippen LogP contribution in [0.25, 0.3) is 0 Å². The van der Waals surface area contributed by atoms with Crippen LogP contribution in [0, 0.1) is 0 Å². The molecule has 0 saturated heterocycles. The Morgan fingerprint density at radius 3 is 1.54 bits per heavy atom. The number of rotatable bonds is 6. The number of hydrogen-bond acceptors (Lipinski definition) is 3. The third kappa shape index (κ3) is 4.46. The molecule has 28 heavy (non-hydrogen) atoms. The van der Waals surface area contributed by atoms with Gasteiger partial charge in [0.05, 0.1) is 17.6 Å². The summed E-state index contributed by atoms with van der Waals surface area (Å²) in [4.78, 5) is 0. The van der Waals surface area contributed by atoms with Crippen LogP contribution >= 0.6 is 0 Å². The molecule has 0 radical (unpaired) electrons. The van der Waals surface area contributed by atoms with Crippen molar-refractivity contribution in [2.75, 3.05) is 10.3 Å². The average molecular weight is 363 g/mol. The minimum absolute atomic E-state index is 1.02. The molecule has 0 fully saturated rings. The molecule has 4 aromatic rings. The fourth-order valence-corrected chi connectivity index (χ4v) is 2.89. The topological polar surface area (TPSA) is 27.6 Å². The van der Waals surface area contributed by atoms with Gasteiger partial charge in [0.2, 0.25) is 0 Å². The lowest BCUT2D eigenvalue weighted by Gasteiger charge is -2.19. The van der Waals surface area contributed by atoms with Crippen LogP contribution in [0.1, 0.15) is 5.56 Å². The molecule has 0 unspecified atom stereocenters. The molecule has 0 amide bonds.